The average Bonchev–Trinajstić information content (AvgIpc) is 3.83. The third kappa shape index (κ3) is 8.74. The van der Waals surface area contributed by atoms with Crippen molar-refractivity contribution in [1.82, 2.24) is 4.57 Å². The van der Waals surface area contributed by atoms with Crippen molar-refractivity contribution in [3.05, 3.63) is 315 Å². The van der Waals surface area contributed by atoms with E-state index in [-0.39, 0.29) is 0 Å². The fourth-order valence-corrected chi connectivity index (χ4v) is 10.9. The number of hydrogen-bond acceptors (Lipinski definition) is 3. The summed E-state index contributed by atoms with van der Waals surface area (Å²) in [5.41, 5.74) is 20.0. The molecule has 0 fully saturated rings. The number of hydrogen-bond donors (Lipinski definition) is 0. The lowest BCUT2D eigenvalue weighted by molar-refractivity contribution is 1.18. The Bertz CT molecular complexity index is 3990. The van der Waals surface area contributed by atoms with Gasteiger partial charge in [0.05, 0.1) is 11.0 Å². The summed E-state index contributed by atoms with van der Waals surface area (Å²) in [7, 11) is 0. The number of para-hydroxylation sites is 5. The normalized spacial score (nSPS) is 11.2. The van der Waals surface area contributed by atoms with Gasteiger partial charge in [0.2, 0.25) is 0 Å². The first-order valence-corrected chi connectivity index (χ1v) is 25.9. The van der Waals surface area contributed by atoms with Crippen LogP contribution in [0.5, 0.6) is 0 Å². The van der Waals surface area contributed by atoms with Crippen LogP contribution in [0.15, 0.2) is 315 Å². The molecule has 0 bridgehead atoms. The van der Waals surface area contributed by atoms with Gasteiger partial charge in [-0.15, -0.1) is 0 Å². The van der Waals surface area contributed by atoms with Crippen LogP contribution in [0, 0.1) is 0 Å². The first-order chi connectivity index (χ1) is 37.7. The summed E-state index contributed by atoms with van der Waals surface area (Å²) in [5.74, 6) is 0. The zero-order chi connectivity index (χ0) is 50.6. The molecule has 12 aromatic carbocycles. The van der Waals surface area contributed by atoms with Gasteiger partial charge in [0.25, 0.3) is 0 Å². The maximum absolute atomic E-state index is 2.41. The van der Waals surface area contributed by atoms with Gasteiger partial charge in [-0.1, -0.05) is 200 Å². The first-order valence-electron chi connectivity index (χ1n) is 25.9. The van der Waals surface area contributed by atoms with Crippen LogP contribution >= 0.6 is 0 Å². The molecule has 13 aromatic rings. The van der Waals surface area contributed by atoms with Crippen LogP contribution in [0.25, 0.3) is 60.9 Å². The van der Waals surface area contributed by atoms with Gasteiger partial charge in [-0.2, -0.15) is 0 Å². The van der Waals surface area contributed by atoms with Crippen molar-refractivity contribution in [2.45, 2.75) is 0 Å². The fraction of sp³-hybridized carbons (Fsp3) is 0. The second-order valence-corrected chi connectivity index (χ2v) is 18.9. The molecular weight excluding hydrogens is 921 g/mol. The lowest BCUT2D eigenvalue weighted by Crippen LogP contribution is -2.14. The molecule has 0 saturated carbocycles. The molecule has 4 heteroatoms. The smallest absolute Gasteiger partial charge is 0.0561 e. The van der Waals surface area contributed by atoms with Gasteiger partial charge in [0.1, 0.15) is 0 Å². The van der Waals surface area contributed by atoms with Gasteiger partial charge in [-0.3, -0.25) is 0 Å². The molecule has 0 aliphatic carbocycles. The Balaban J connectivity index is 0.981. The number of fused-ring (bicyclic) bond motifs is 3. The lowest BCUT2D eigenvalue weighted by Gasteiger charge is -2.31. The van der Waals surface area contributed by atoms with Gasteiger partial charge in [0.15, 0.2) is 0 Å². The van der Waals surface area contributed by atoms with Gasteiger partial charge in [-0.05, 0) is 149 Å². The highest BCUT2D eigenvalue weighted by Crippen LogP contribution is 2.46. The van der Waals surface area contributed by atoms with Crippen LogP contribution in [-0.4, -0.2) is 4.57 Å². The molecule has 0 spiro atoms. The van der Waals surface area contributed by atoms with Crippen LogP contribution in [0.3, 0.4) is 0 Å². The largest absolute Gasteiger partial charge is 0.310 e. The first kappa shape index (κ1) is 45.7. The Morgan fingerprint density at radius 2 is 0.553 bits per heavy atom. The molecule has 0 saturated heterocycles. The van der Waals surface area contributed by atoms with Crippen molar-refractivity contribution in [3.8, 4) is 39.1 Å². The SMILES string of the molecule is c1ccc(-c2cccc(-c3ccccc3)c2-c2ccc(N(c3ccccc3)c3cccc(N(c4cccc(N(c5ccccc5)c5ccccc5)c4)c4ccc5c6ccccc6n(-c6ccccc6)c5c4)c3)cc2)cc1. The Kier molecular flexibility index (Phi) is 12.3. The molecule has 0 aliphatic heterocycles. The summed E-state index contributed by atoms with van der Waals surface area (Å²) in [4.78, 5) is 7.11. The maximum Gasteiger partial charge on any atom is 0.0561 e. The zero-order valence-electron chi connectivity index (χ0n) is 41.8. The number of nitrogens with zero attached hydrogens (tertiary/aromatic N) is 4. The van der Waals surface area contributed by atoms with E-state index < -0.39 is 0 Å². The van der Waals surface area contributed by atoms with E-state index in [2.05, 4.69) is 335 Å². The molecule has 0 amide bonds. The van der Waals surface area contributed by atoms with Crippen molar-refractivity contribution in [3.63, 3.8) is 0 Å². The van der Waals surface area contributed by atoms with E-state index >= 15 is 0 Å². The molecule has 0 radical (unpaired) electrons. The minimum absolute atomic E-state index is 1.02. The Morgan fingerprint density at radius 1 is 0.211 bits per heavy atom. The van der Waals surface area contributed by atoms with Gasteiger partial charge < -0.3 is 19.3 Å². The maximum atomic E-state index is 2.41. The van der Waals surface area contributed by atoms with Crippen LogP contribution in [-0.2, 0) is 0 Å². The number of benzene rings is 12. The molecule has 76 heavy (non-hydrogen) atoms. The summed E-state index contributed by atoms with van der Waals surface area (Å²) in [6, 6.07) is 113. The van der Waals surface area contributed by atoms with E-state index in [0.717, 1.165) is 68.0 Å². The minimum atomic E-state index is 1.02. The second-order valence-electron chi connectivity index (χ2n) is 18.9. The van der Waals surface area contributed by atoms with Gasteiger partial charge in [-0.25, -0.2) is 0 Å². The minimum Gasteiger partial charge on any atom is -0.310 e. The van der Waals surface area contributed by atoms with Gasteiger partial charge >= 0.3 is 0 Å². The predicted molar refractivity (Wildman–Crippen MR) is 321 cm³/mol. The van der Waals surface area contributed by atoms with E-state index in [0.29, 0.717) is 0 Å². The number of anilines is 9. The molecule has 1 aromatic heterocycles. The third-order valence-electron chi connectivity index (χ3n) is 14.3. The van der Waals surface area contributed by atoms with Crippen LogP contribution < -0.4 is 14.7 Å². The molecule has 4 nitrogen and oxygen atoms in total. The molecule has 0 unspecified atom stereocenters. The lowest BCUT2D eigenvalue weighted by atomic mass is 9.87. The standard InChI is InChI=1S/C72H52N4/c1-7-24-53(25-8-1)66-41-23-42-67(54-26-9-2-10-27-54)72(66)55-44-46-60(47-45-55)74(58-32-15-5-16-33-58)62-37-22-39-64(51-62)75(63-38-21-36-61(50-63)73(56-28-11-3-12-29-56)57-30-13-4-14-31-57)65-48-49-69-68-40-19-20-43-70(68)76(71(69)52-65)59-34-17-6-18-35-59/h1-52H. The molecule has 0 atom stereocenters. The van der Waals surface area contributed by atoms with Crippen LogP contribution in [0.4, 0.5) is 51.2 Å². The molecule has 13 rings (SSSR count). The van der Waals surface area contributed by atoms with Crippen molar-refractivity contribution in [1.29, 1.82) is 0 Å². The van der Waals surface area contributed by atoms with Gasteiger partial charge in [0, 0.05) is 67.6 Å². The summed E-state index contributed by atoms with van der Waals surface area (Å²) in [5, 5.41) is 2.42. The van der Waals surface area contributed by atoms with Crippen molar-refractivity contribution in [2.75, 3.05) is 14.7 Å². The summed E-state index contributed by atoms with van der Waals surface area (Å²) in [6.45, 7) is 0. The van der Waals surface area contributed by atoms with Crippen LogP contribution in [0.1, 0.15) is 0 Å². The second kappa shape index (κ2) is 20.4. The van der Waals surface area contributed by atoms with E-state index in [4.69, 9.17) is 0 Å². The van der Waals surface area contributed by atoms with E-state index in [1.807, 2.05) is 0 Å². The highest BCUT2D eigenvalue weighted by molar-refractivity contribution is 6.10. The topological polar surface area (TPSA) is 14.7 Å². The van der Waals surface area contributed by atoms with Crippen molar-refractivity contribution in [2.24, 2.45) is 0 Å². The molecule has 0 N–H and O–H groups in total. The predicted octanol–water partition coefficient (Wildman–Crippen LogP) is 20.2. The quantitative estimate of drug-likeness (QED) is 0.114. The van der Waals surface area contributed by atoms with Crippen LogP contribution in [0.2, 0.25) is 0 Å². The highest BCUT2D eigenvalue weighted by Gasteiger charge is 2.22. The summed E-state index contributed by atoms with van der Waals surface area (Å²) < 4.78 is 2.40. The Hall–Kier alpha value is -10.2. The summed E-state index contributed by atoms with van der Waals surface area (Å²) >= 11 is 0. The average molecular weight is 973 g/mol. The summed E-state index contributed by atoms with van der Waals surface area (Å²) in [6.07, 6.45) is 0. The third-order valence-corrected chi connectivity index (χ3v) is 14.3. The van der Waals surface area contributed by atoms with E-state index in [1.54, 1.807) is 0 Å². The molecule has 1 heterocycles. The van der Waals surface area contributed by atoms with E-state index in [1.165, 1.54) is 44.1 Å². The number of aromatic nitrogens is 1. The van der Waals surface area contributed by atoms with Crippen molar-refractivity contribution >= 4 is 73.0 Å². The van der Waals surface area contributed by atoms with Crippen molar-refractivity contribution < 1.29 is 0 Å². The molecule has 360 valence electrons. The Labute approximate surface area is 444 Å². The molecular formula is C72H52N4. The molecule has 0 aliphatic rings. The fourth-order valence-electron chi connectivity index (χ4n) is 10.9. The number of rotatable bonds is 13. The highest BCUT2D eigenvalue weighted by atomic mass is 15.2. The van der Waals surface area contributed by atoms with E-state index in [9.17, 15) is 0 Å². The zero-order valence-corrected chi connectivity index (χ0v) is 41.8. The Morgan fingerprint density at radius 3 is 1.04 bits per heavy atom. The monoisotopic (exact) mass is 972 g/mol.